The molecule has 6 nitrogen and oxygen atoms in total. The Morgan fingerprint density at radius 2 is 0.818 bits per heavy atom. The summed E-state index contributed by atoms with van der Waals surface area (Å²) >= 11 is 0. The molecule has 44 heavy (non-hydrogen) atoms. The monoisotopic (exact) mass is 594 g/mol. The number of benzene rings is 3. The molecular formula is C38H42O6. The Labute approximate surface area is 261 Å². The molecule has 0 unspecified atom stereocenters. The number of carbonyl (C=O) groups is 2. The standard InChI is InChI=1S/C34H34O6.2C2H4/c1-25(2)33(35)39-23-7-5-21-37-31-17-13-29(14-18-31)27-9-11-28(12-10-27)30-15-19-32(20-16-30)38-22-6-8-24-40-34(36)26(3)4;2*1-2/h5-6,9-22H,1,3,7-8,23-24H2,2,4H3;2*1-2H2/b21-5+,22-6+;;. The maximum Gasteiger partial charge on any atom is 0.333 e. The lowest BCUT2D eigenvalue weighted by Gasteiger charge is -2.07. The van der Waals surface area contributed by atoms with E-state index in [0.717, 1.165) is 33.8 Å². The largest absolute Gasteiger partial charge is 0.465 e. The van der Waals surface area contributed by atoms with Gasteiger partial charge >= 0.3 is 11.9 Å². The molecule has 0 radical (unpaired) electrons. The minimum atomic E-state index is -0.386. The molecular weight excluding hydrogens is 552 g/mol. The van der Waals surface area contributed by atoms with E-state index >= 15 is 0 Å². The molecule has 0 amide bonds. The fraction of sp³-hybridized carbons (Fsp3) is 0.158. The minimum Gasteiger partial charge on any atom is -0.465 e. The molecule has 3 rings (SSSR count). The van der Waals surface area contributed by atoms with Gasteiger partial charge in [0.15, 0.2) is 0 Å². The first-order valence-corrected chi connectivity index (χ1v) is 13.9. The van der Waals surface area contributed by atoms with Crippen LogP contribution in [0.3, 0.4) is 0 Å². The lowest BCUT2D eigenvalue weighted by molar-refractivity contribution is -0.139. The Morgan fingerprint density at radius 3 is 1.09 bits per heavy atom. The highest BCUT2D eigenvalue weighted by Gasteiger charge is 2.04. The van der Waals surface area contributed by atoms with Crippen molar-refractivity contribution in [3.63, 3.8) is 0 Å². The van der Waals surface area contributed by atoms with Crippen molar-refractivity contribution in [2.75, 3.05) is 13.2 Å². The average Bonchev–Trinajstić information content (AvgIpc) is 3.06. The molecule has 0 N–H and O–H groups in total. The molecule has 3 aromatic carbocycles. The summed E-state index contributed by atoms with van der Waals surface area (Å²) in [4.78, 5) is 22.7. The molecule has 6 heteroatoms. The highest BCUT2D eigenvalue weighted by Crippen LogP contribution is 2.27. The van der Waals surface area contributed by atoms with E-state index < -0.39 is 0 Å². The van der Waals surface area contributed by atoms with E-state index in [1.54, 1.807) is 38.5 Å². The van der Waals surface area contributed by atoms with Gasteiger partial charge < -0.3 is 18.9 Å². The Balaban J connectivity index is 0.00000232. The quantitative estimate of drug-likeness (QED) is 0.0609. The third-order valence-corrected chi connectivity index (χ3v) is 5.59. The fourth-order valence-corrected chi connectivity index (χ4v) is 3.38. The van der Waals surface area contributed by atoms with Gasteiger partial charge in [-0.1, -0.05) is 61.7 Å². The normalized spacial score (nSPS) is 10.0. The molecule has 3 aromatic rings. The second-order valence-electron chi connectivity index (χ2n) is 9.02. The summed E-state index contributed by atoms with van der Waals surface area (Å²) in [6.07, 6.45) is 7.92. The zero-order chi connectivity index (χ0) is 32.7. The van der Waals surface area contributed by atoms with Crippen LogP contribution in [0.4, 0.5) is 0 Å². The van der Waals surface area contributed by atoms with Gasteiger partial charge in [0.2, 0.25) is 0 Å². The number of esters is 2. The van der Waals surface area contributed by atoms with Crippen molar-refractivity contribution in [1.29, 1.82) is 0 Å². The highest BCUT2D eigenvalue weighted by atomic mass is 16.5. The fourth-order valence-electron chi connectivity index (χ4n) is 3.38. The maximum absolute atomic E-state index is 11.3. The number of hydrogen-bond acceptors (Lipinski definition) is 6. The molecule has 0 spiro atoms. The van der Waals surface area contributed by atoms with Crippen LogP contribution in [0.5, 0.6) is 11.5 Å². The molecule has 0 aliphatic rings. The molecule has 0 aromatic heterocycles. The van der Waals surface area contributed by atoms with Gasteiger partial charge in [-0.15, -0.1) is 26.3 Å². The van der Waals surface area contributed by atoms with Crippen molar-refractivity contribution in [2.45, 2.75) is 26.7 Å². The van der Waals surface area contributed by atoms with Crippen LogP contribution in [0.1, 0.15) is 26.7 Å². The summed E-state index contributed by atoms with van der Waals surface area (Å²) in [5.41, 5.74) is 5.14. The van der Waals surface area contributed by atoms with Crippen LogP contribution >= 0.6 is 0 Å². The number of ether oxygens (including phenoxy) is 4. The van der Waals surface area contributed by atoms with Gasteiger partial charge in [0, 0.05) is 24.0 Å². The van der Waals surface area contributed by atoms with E-state index in [2.05, 4.69) is 63.7 Å². The molecule has 0 fully saturated rings. The highest BCUT2D eigenvalue weighted by molar-refractivity contribution is 5.87. The molecule has 0 bridgehead atoms. The Bertz CT molecular complexity index is 1270. The first kappa shape index (κ1) is 36.7. The van der Waals surface area contributed by atoms with Gasteiger partial charge in [-0.05, 0) is 72.5 Å². The van der Waals surface area contributed by atoms with Crippen LogP contribution in [0.15, 0.2) is 148 Å². The van der Waals surface area contributed by atoms with Crippen molar-refractivity contribution < 1.29 is 28.5 Å². The first-order valence-electron chi connectivity index (χ1n) is 13.9. The van der Waals surface area contributed by atoms with Gasteiger partial charge in [-0.25, -0.2) is 9.59 Å². The van der Waals surface area contributed by atoms with Crippen molar-refractivity contribution in [3.05, 3.63) is 148 Å². The average molecular weight is 595 g/mol. The summed E-state index contributed by atoms with van der Waals surface area (Å²) in [7, 11) is 0. The van der Waals surface area contributed by atoms with Gasteiger partial charge in [-0.2, -0.15) is 0 Å². The predicted octanol–water partition coefficient (Wildman–Crippen LogP) is 9.43. The van der Waals surface area contributed by atoms with Crippen LogP contribution in [0, 0.1) is 0 Å². The third kappa shape index (κ3) is 13.5. The molecule has 0 aliphatic heterocycles. The zero-order valence-corrected chi connectivity index (χ0v) is 25.8. The van der Waals surface area contributed by atoms with Crippen LogP contribution in [0.25, 0.3) is 22.3 Å². The summed E-state index contributed by atoms with van der Waals surface area (Å²) in [6.45, 7) is 22.9. The second-order valence-corrected chi connectivity index (χ2v) is 9.02. The predicted molar refractivity (Wildman–Crippen MR) is 180 cm³/mol. The van der Waals surface area contributed by atoms with E-state index in [9.17, 15) is 9.59 Å². The molecule has 0 saturated heterocycles. The minimum absolute atomic E-state index is 0.285. The molecule has 0 aliphatic carbocycles. The van der Waals surface area contributed by atoms with Gasteiger partial charge in [0.25, 0.3) is 0 Å². The lowest BCUT2D eigenvalue weighted by atomic mass is 10.0. The summed E-state index contributed by atoms with van der Waals surface area (Å²) in [5, 5.41) is 0. The van der Waals surface area contributed by atoms with E-state index in [1.807, 2.05) is 48.5 Å². The number of hydrogen-bond donors (Lipinski definition) is 0. The summed E-state index contributed by atoms with van der Waals surface area (Å²) in [5.74, 6) is 0.671. The van der Waals surface area contributed by atoms with Crippen molar-refractivity contribution >= 4 is 11.9 Å². The second kappa shape index (κ2) is 21.4. The van der Waals surface area contributed by atoms with Crippen molar-refractivity contribution in [2.24, 2.45) is 0 Å². The van der Waals surface area contributed by atoms with Crippen LogP contribution in [-0.4, -0.2) is 25.2 Å². The molecule has 0 saturated carbocycles. The SMILES string of the molecule is C=C.C=C.C=C(C)C(=O)OCC/C=C/Oc1ccc(-c2ccc(-c3ccc(O/C=C/CCOC(=O)C(=C)C)cc3)cc2)cc1. The Kier molecular flexibility index (Phi) is 17.8. The molecule has 0 atom stereocenters. The maximum atomic E-state index is 11.3. The van der Waals surface area contributed by atoms with E-state index in [1.165, 1.54) is 0 Å². The molecule has 0 heterocycles. The summed E-state index contributed by atoms with van der Waals surface area (Å²) < 4.78 is 21.3. The Hall–Kier alpha value is -5.36. The third-order valence-electron chi connectivity index (χ3n) is 5.59. The Morgan fingerprint density at radius 1 is 0.545 bits per heavy atom. The smallest absolute Gasteiger partial charge is 0.333 e. The zero-order valence-electron chi connectivity index (χ0n) is 25.8. The van der Waals surface area contributed by atoms with Gasteiger partial charge in [0.05, 0.1) is 25.7 Å². The molecule has 230 valence electrons. The topological polar surface area (TPSA) is 71.1 Å². The van der Waals surface area contributed by atoms with Gasteiger partial charge in [0.1, 0.15) is 11.5 Å². The van der Waals surface area contributed by atoms with E-state index in [-0.39, 0.29) is 25.2 Å². The van der Waals surface area contributed by atoms with E-state index in [0.29, 0.717) is 24.0 Å². The lowest BCUT2D eigenvalue weighted by Crippen LogP contribution is -2.05. The number of carbonyl (C=O) groups excluding carboxylic acids is 2. The first-order chi connectivity index (χ1) is 21.3. The van der Waals surface area contributed by atoms with Crippen molar-refractivity contribution in [3.8, 4) is 33.8 Å². The van der Waals surface area contributed by atoms with Crippen LogP contribution in [-0.2, 0) is 19.1 Å². The van der Waals surface area contributed by atoms with Crippen molar-refractivity contribution in [1.82, 2.24) is 0 Å². The van der Waals surface area contributed by atoms with Crippen LogP contribution < -0.4 is 9.47 Å². The summed E-state index contributed by atoms with van der Waals surface area (Å²) in [6, 6.07) is 24.1. The van der Waals surface area contributed by atoms with Crippen LogP contribution in [0.2, 0.25) is 0 Å². The van der Waals surface area contributed by atoms with Gasteiger partial charge in [-0.3, -0.25) is 0 Å². The number of rotatable bonds is 14. The van der Waals surface area contributed by atoms with E-state index in [4.69, 9.17) is 18.9 Å².